The number of carbonyl (C=O) groups excluding carboxylic acids is 2. The molecule has 2 aromatic rings. The number of quaternary nitrogens is 2. The molecule has 146 valence electrons. The van der Waals surface area contributed by atoms with E-state index >= 15 is 0 Å². The number of halogens is 2. The van der Waals surface area contributed by atoms with Crippen LogP contribution in [0.1, 0.15) is 12.0 Å². The fourth-order valence-electron chi connectivity index (χ4n) is 4.15. The maximum absolute atomic E-state index is 13.1. The van der Waals surface area contributed by atoms with Gasteiger partial charge < -0.3 is 9.80 Å². The van der Waals surface area contributed by atoms with Crippen molar-refractivity contribution in [3.05, 3.63) is 64.9 Å². The molecule has 5 nitrogen and oxygen atoms in total. The lowest BCUT2D eigenvalue weighted by Crippen LogP contribution is -3.29. The van der Waals surface area contributed by atoms with Crippen molar-refractivity contribution in [1.29, 1.82) is 0 Å². The summed E-state index contributed by atoms with van der Waals surface area (Å²) < 4.78 is 13.1. The number of rotatable bonds is 4. The van der Waals surface area contributed by atoms with E-state index in [0.29, 0.717) is 5.69 Å². The predicted molar refractivity (Wildman–Crippen MR) is 104 cm³/mol. The molecule has 0 radical (unpaired) electrons. The van der Waals surface area contributed by atoms with E-state index in [1.165, 1.54) is 44.5 Å². The van der Waals surface area contributed by atoms with Crippen LogP contribution in [0.2, 0.25) is 5.02 Å². The zero-order chi connectivity index (χ0) is 19.7. The van der Waals surface area contributed by atoms with E-state index in [1.807, 2.05) is 24.3 Å². The number of nitrogens with zero attached hydrogens (tertiary/aromatic N) is 1. The quantitative estimate of drug-likeness (QED) is 0.711. The van der Waals surface area contributed by atoms with Gasteiger partial charge in [-0.1, -0.05) is 23.7 Å². The molecule has 7 heteroatoms. The standard InChI is InChI=1S/C21H21ClFN3O2/c22-16-3-1-15(2-4-16)14-24-9-11-25(12-10-24)19-13-20(27)26(21(19)28)18-7-5-17(23)6-8-18/h1-8,19H,9-14H2/p+2/t19-/m1/s1. The summed E-state index contributed by atoms with van der Waals surface area (Å²) in [6, 6.07) is 13.1. The molecule has 0 aliphatic carbocycles. The molecule has 2 saturated heterocycles. The summed E-state index contributed by atoms with van der Waals surface area (Å²) in [7, 11) is 0. The molecule has 0 spiro atoms. The first-order valence-electron chi connectivity index (χ1n) is 9.56. The average molecular weight is 404 g/mol. The number of carbonyl (C=O) groups is 2. The van der Waals surface area contributed by atoms with E-state index in [2.05, 4.69) is 0 Å². The van der Waals surface area contributed by atoms with Gasteiger partial charge in [-0.25, -0.2) is 9.29 Å². The summed E-state index contributed by atoms with van der Waals surface area (Å²) >= 11 is 5.94. The molecular formula is C21H23ClFN3O2+2. The topological polar surface area (TPSA) is 46.3 Å². The van der Waals surface area contributed by atoms with Crippen molar-refractivity contribution in [2.24, 2.45) is 0 Å². The van der Waals surface area contributed by atoms with E-state index < -0.39 is 0 Å². The highest BCUT2D eigenvalue weighted by molar-refractivity contribution is 6.30. The van der Waals surface area contributed by atoms with Crippen molar-refractivity contribution >= 4 is 29.1 Å². The van der Waals surface area contributed by atoms with E-state index in [1.54, 1.807) is 0 Å². The fraction of sp³-hybridized carbons (Fsp3) is 0.333. The summed E-state index contributed by atoms with van der Waals surface area (Å²) in [5.74, 6) is -0.761. The molecule has 2 heterocycles. The molecule has 28 heavy (non-hydrogen) atoms. The second-order valence-corrected chi connectivity index (χ2v) is 7.95. The smallest absolute Gasteiger partial charge is 0.292 e. The van der Waals surface area contributed by atoms with Crippen LogP contribution in [0.4, 0.5) is 10.1 Å². The maximum atomic E-state index is 13.1. The number of piperazine rings is 1. The van der Waals surface area contributed by atoms with Gasteiger partial charge in [-0.2, -0.15) is 0 Å². The van der Waals surface area contributed by atoms with Crippen molar-refractivity contribution in [2.45, 2.75) is 19.0 Å². The summed E-state index contributed by atoms with van der Waals surface area (Å²) in [6.07, 6.45) is 0.220. The van der Waals surface area contributed by atoms with Crippen LogP contribution in [0.5, 0.6) is 0 Å². The first-order valence-corrected chi connectivity index (χ1v) is 9.94. The van der Waals surface area contributed by atoms with Crippen LogP contribution in [-0.2, 0) is 16.1 Å². The van der Waals surface area contributed by atoms with Crippen LogP contribution in [-0.4, -0.2) is 44.0 Å². The van der Waals surface area contributed by atoms with Crippen LogP contribution < -0.4 is 14.7 Å². The number of nitrogens with one attached hydrogen (secondary N) is 2. The first kappa shape index (κ1) is 19.1. The Labute approximate surface area is 168 Å². The van der Waals surface area contributed by atoms with Gasteiger partial charge >= 0.3 is 0 Å². The van der Waals surface area contributed by atoms with Crippen molar-refractivity contribution < 1.29 is 23.8 Å². The lowest BCUT2D eigenvalue weighted by atomic mass is 10.1. The number of imide groups is 1. The van der Waals surface area contributed by atoms with Crippen LogP contribution in [0.25, 0.3) is 0 Å². The van der Waals surface area contributed by atoms with E-state index in [9.17, 15) is 14.0 Å². The SMILES string of the molecule is O=C1C[C@@H]([NH+]2CC[NH+](Cc3ccc(Cl)cc3)CC2)C(=O)N1c1ccc(F)cc1. The molecule has 0 unspecified atom stereocenters. The molecule has 2 amide bonds. The zero-order valence-electron chi connectivity index (χ0n) is 15.5. The Morgan fingerprint density at radius 1 is 0.964 bits per heavy atom. The summed E-state index contributed by atoms with van der Waals surface area (Å²) in [4.78, 5) is 29.2. The van der Waals surface area contributed by atoms with Gasteiger partial charge in [0.05, 0.1) is 12.1 Å². The molecule has 2 aliphatic rings. The molecule has 2 fully saturated rings. The van der Waals surface area contributed by atoms with Crippen molar-refractivity contribution in [3.63, 3.8) is 0 Å². The summed E-state index contributed by atoms with van der Waals surface area (Å²) in [6.45, 7) is 4.54. The number of hydrogen-bond donors (Lipinski definition) is 2. The maximum Gasteiger partial charge on any atom is 0.292 e. The van der Waals surface area contributed by atoms with Gasteiger partial charge in [0, 0.05) is 10.6 Å². The van der Waals surface area contributed by atoms with Gasteiger partial charge in [-0.3, -0.25) is 9.59 Å². The fourth-order valence-corrected chi connectivity index (χ4v) is 4.28. The lowest BCUT2D eigenvalue weighted by Gasteiger charge is -2.32. The molecule has 0 aromatic heterocycles. The Bertz CT molecular complexity index is 864. The normalized spacial score (nSPS) is 25.4. The van der Waals surface area contributed by atoms with Crippen LogP contribution in [0.3, 0.4) is 0 Å². The van der Waals surface area contributed by atoms with Gasteiger partial charge in [0.25, 0.3) is 5.91 Å². The van der Waals surface area contributed by atoms with Gasteiger partial charge in [0.15, 0.2) is 6.04 Å². The summed E-state index contributed by atoms with van der Waals surface area (Å²) in [5, 5.41) is 0.739. The number of hydrogen-bond acceptors (Lipinski definition) is 2. The van der Waals surface area contributed by atoms with Gasteiger partial charge in [0.2, 0.25) is 5.91 Å². The highest BCUT2D eigenvalue weighted by atomic mass is 35.5. The van der Waals surface area contributed by atoms with E-state index in [0.717, 1.165) is 37.7 Å². The Hall–Kier alpha value is -2.28. The molecule has 4 rings (SSSR count). The largest absolute Gasteiger partial charge is 0.322 e. The second-order valence-electron chi connectivity index (χ2n) is 7.51. The number of anilines is 1. The summed E-state index contributed by atoms with van der Waals surface area (Å²) in [5.41, 5.74) is 1.70. The Balaban J connectivity index is 1.37. The lowest BCUT2D eigenvalue weighted by molar-refractivity contribution is -1.02. The first-order chi connectivity index (χ1) is 13.5. The number of benzene rings is 2. The molecular weight excluding hydrogens is 381 g/mol. The van der Waals surface area contributed by atoms with Gasteiger partial charge in [-0.15, -0.1) is 0 Å². The van der Waals surface area contributed by atoms with Gasteiger partial charge in [0.1, 0.15) is 38.5 Å². The van der Waals surface area contributed by atoms with Gasteiger partial charge in [-0.05, 0) is 36.4 Å². The Kier molecular flexibility index (Phi) is 5.44. The highest BCUT2D eigenvalue weighted by Crippen LogP contribution is 2.22. The minimum absolute atomic E-state index is 0.173. The molecule has 2 aromatic carbocycles. The zero-order valence-corrected chi connectivity index (χ0v) is 16.2. The minimum Gasteiger partial charge on any atom is -0.322 e. The van der Waals surface area contributed by atoms with Crippen LogP contribution in [0, 0.1) is 5.82 Å². The third-order valence-corrected chi connectivity index (χ3v) is 5.94. The molecule has 2 aliphatic heterocycles. The monoisotopic (exact) mass is 403 g/mol. The molecule has 0 bridgehead atoms. The Morgan fingerprint density at radius 3 is 2.25 bits per heavy atom. The van der Waals surface area contributed by atoms with Crippen molar-refractivity contribution in [2.75, 3.05) is 31.1 Å². The second kappa shape index (κ2) is 7.99. The molecule has 1 atom stereocenters. The third-order valence-electron chi connectivity index (χ3n) is 5.69. The molecule has 2 N–H and O–H groups in total. The Morgan fingerprint density at radius 2 is 1.61 bits per heavy atom. The third kappa shape index (κ3) is 3.94. The minimum atomic E-state index is -0.384. The number of amides is 2. The van der Waals surface area contributed by atoms with Crippen molar-refractivity contribution in [1.82, 2.24) is 0 Å². The van der Waals surface area contributed by atoms with E-state index in [4.69, 9.17) is 11.6 Å². The van der Waals surface area contributed by atoms with E-state index in [-0.39, 0.29) is 30.1 Å². The average Bonchev–Trinajstić information content (AvgIpc) is 2.99. The predicted octanol–water partition coefficient (Wildman–Crippen LogP) is 0.0946. The molecule has 0 saturated carbocycles. The van der Waals surface area contributed by atoms with Crippen LogP contribution in [0.15, 0.2) is 48.5 Å². The van der Waals surface area contributed by atoms with Crippen molar-refractivity contribution in [3.8, 4) is 0 Å². The highest BCUT2D eigenvalue weighted by Gasteiger charge is 2.46. The van der Waals surface area contributed by atoms with Crippen LogP contribution >= 0.6 is 11.6 Å².